The number of ketones is 2. The van der Waals surface area contributed by atoms with Crippen LogP contribution in [0.1, 0.15) is 24.3 Å². The number of benzene rings is 2. The molecule has 1 heterocycles. The third-order valence-electron chi connectivity index (χ3n) is 7.71. The third kappa shape index (κ3) is 3.72. The van der Waals surface area contributed by atoms with E-state index in [0.29, 0.717) is 28.8 Å². The molecule has 2 amide bonds. The molecule has 1 saturated heterocycles. The molecular formula is C28H18Br2ClNO5. The second-order valence-corrected chi connectivity index (χ2v) is 11.8. The summed E-state index contributed by atoms with van der Waals surface area (Å²) in [6.07, 6.45) is 3.72. The first-order chi connectivity index (χ1) is 17.7. The van der Waals surface area contributed by atoms with Gasteiger partial charge >= 0.3 is 0 Å². The summed E-state index contributed by atoms with van der Waals surface area (Å²) in [7, 11) is 0. The Bertz CT molecular complexity index is 1520. The first-order valence-electron chi connectivity index (χ1n) is 11.7. The number of nitrogens with zero attached hydrogens (tertiary/aromatic N) is 1. The Balaban J connectivity index is 1.50. The minimum Gasteiger partial charge on any atom is -0.508 e. The molecule has 9 heteroatoms. The standard InChI is InChI=1S/C28H18Br2ClNO5/c29-12-1-3-13(4-2-12)32-27(36)17-8-7-15-18(24(17)28(32)37)10-19-25(22(34)11-20(30)26(19)35)23(15)16-6-5-14(33)9-21(16)31/h1-7,9,11,17-18,23-24,33H,8,10H2/t17-,18+,23+,24-/m0/s1. The van der Waals surface area contributed by atoms with Crippen LogP contribution >= 0.6 is 43.5 Å². The Morgan fingerprint density at radius 3 is 2.38 bits per heavy atom. The summed E-state index contributed by atoms with van der Waals surface area (Å²) in [4.78, 5) is 55.1. The van der Waals surface area contributed by atoms with E-state index in [-0.39, 0.29) is 45.1 Å². The molecular weight excluding hydrogens is 626 g/mol. The molecule has 6 rings (SSSR count). The molecule has 1 fully saturated rings. The number of phenolic OH excluding ortho intramolecular Hbond substituents is 1. The van der Waals surface area contributed by atoms with Crippen molar-refractivity contribution >= 4 is 72.5 Å². The van der Waals surface area contributed by atoms with E-state index in [0.717, 1.165) is 10.0 Å². The lowest BCUT2D eigenvalue weighted by Crippen LogP contribution is -2.39. The maximum Gasteiger partial charge on any atom is 0.238 e. The molecule has 186 valence electrons. The molecule has 0 radical (unpaired) electrons. The lowest BCUT2D eigenvalue weighted by Gasteiger charge is -2.42. The topological polar surface area (TPSA) is 91.8 Å². The minimum atomic E-state index is -0.670. The van der Waals surface area contributed by atoms with Gasteiger partial charge in [0.15, 0.2) is 11.6 Å². The normalized spacial score (nSPS) is 27.1. The van der Waals surface area contributed by atoms with Gasteiger partial charge in [-0.3, -0.25) is 24.1 Å². The van der Waals surface area contributed by atoms with Gasteiger partial charge in [-0.1, -0.05) is 45.2 Å². The van der Waals surface area contributed by atoms with E-state index in [2.05, 4.69) is 31.9 Å². The molecule has 0 bridgehead atoms. The molecule has 1 aliphatic heterocycles. The van der Waals surface area contributed by atoms with Crippen molar-refractivity contribution in [1.82, 2.24) is 0 Å². The minimum absolute atomic E-state index is 0.0246. The summed E-state index contributed by atoms with van der Waals surface area (Å²) >= 11 is 13.2. The maximum absolute atomic E-state index is 13.8. The lowest BCUT2D eigenvalue weighted by molar-refractivity contribution is -0.123. The van der Waals surface area contributed by atoms with Crippen molar-refractivity contribution in [3.63, 3.8) is 0 Å². The smallest absolute Gasteiger partial charge is 0.238 e. The Kier molecular flexibility index (Phi) is 5.89. The van der Waals surface area contributed by atoms with Crippen LogP contribution < -0.4 is 4.90 Å². The van der Waals surface area contributed by atoms with Crippen LogP contribution in [0.5, 0.6) is 5.75 Å². The largest absolute Gasteiger partial charge is 0.508 e. The first kappa shape index (κ1) is 24.5. The number of Topliss-reactive ketones (excluding diaryl/α,β-unsaturated/α-hetero) is 1. The summed E-state index contributed by atoms with van der Waals surface area (Å²) in [6.45, 7) is 0. The summed E-state index contributed by atoms with van der Waals surface area (Å²) < 4.78 is 0.994. The fraction of sp³-hybridized carbons (Fsp3) is 0.214. The van der Waals surface area contributed by atoms with Gasteiger partial charge in [-0.25, -0.2) is 0 Å². The van der Waals surface area contributed by atoms with Crippen LogP contribution in [0.25, 0.3) is 0 Å². The third-order valence-corrected chi connectivity index (χ3v) is 9.16. The highest BCUT2D eigenvalue weighted by atomic mass is 79.9. The summed E-state index contributed by atoms with van der Waals surface area (Å²) in [6, 6.07) is 11.5. The van der Waals surface area contributed by atoms with Crippen molar-refractivity contribution in [2.24, 2.45) is 17.8 Å². The van der Waals surface area contributed by atoms with Gasteiger partial charge in [-0.05, 0) is 76.7 Å². The Labute approximate surface area is 233 Å². The fourth-order valence-corrected chi connectivity index (χ4v) is 7.15. The van der Waals surface area contributed by atoms with Gasteiger partial charge in [-0.15, -0.1) is 0 Å². The van der Waals surface area contributed by atoms with Gasteiger partial charge in [0, 0.05) is 32.6 Å². The molecule has 0 aromatic heterocycles. The number of hydrogen-bond donors (Lipinski definition) is 1. The SMILES string of the molecule is O=C1C=C(Br)C(=O)C2=C1[C@@H](c1ccc(O)cc1Cl)C1=CC[C@@H]3C(=O)N(c4ccc(Br)cc4)C(=O)[C@@H]3[C@@H]1C2. The summed E-state index contributed by atoms with van der Waals surface area (Å²) in [5, 5.41) is 10.2. The predicted octanol–water partition coefficient (Wildman–Crippen LogP) is 5.77. The van der Waals surface area contributed by atoms with E-state index in [1.54, 1.807) is 30.3 Å². The number of aromatic hydroxyl groups is 1. The number of carbonyl (C=O) groups excluding carboxylic acids is 4. The van der Waals surface area contributed by atoms with Gasteiger partial charge in [0.25, 0.3) is 0 Å². The molecule has 0 unspecified atom stereocenters. The van der Waals surface area contributed by atoms with Crippen molar-refractivity contribution in [3.05, 3.63) is 90.9 Å². The second-order valence-electron chi connectivity index (χ2n) is 9.59. The molecule has 37 heavy (non-hydrogen) atoms. The average molecular weight is 644 g/mol. The molecule has 0 saturated carbocycles. The van der Waals surface area contributed by atoms with Crippen LogP contribution in [0.4, 0.5) is 5.69 Å². The second kappa shape index (κ2) is 8.89. The van der Waals surface area contributed by atoms with Crippen molar-refractivity contribution in [2.75, 3.05) is 4.90 Å². The van der Waals surface area contributed by atoms with E-state index < -0.39 is 23.7 Å². The number of phenols is 1. The van der Waals surface area contributed by atoms with E-state index >= 15 is 0 Å². The van der Waals surface area contributed by atoms with Gasteiger partial charge in [-0.2, -0.15) is 0 Å². The number of rotatable bonds is 2. The van der Waals surface area contributed by atoms with E-state index in [9.17, 15) is 24.3 Å². The van der Waals surface area contributed by atoms with Gasteiger partial charge < -0.3 is 5.11 Å². The lowest BCUT2D eigenvalue weighted by atomic mass is 9.59. The van der Waals surface area contributed by atoms with Crippen LogP contribution in [0, 0.1) is 17.8 Å². The zero-order chi connectivity index (χ0) is 26.2. The predicted molar refractivity (Wildman–Crippen MR) is 144 cm³/mol. The number of fused-ring (bicyclic) bond motifs is 3. The highest BCUT2D eigenvalue weighted by Gasteiger charge is 2.56. The number of carbonyl (C=O) groups is 4. The quantitative estimate of drug-likeness (QED) is 0.255. The van der Waals surface area contributed by atoms with Crippen molar-refractivity contribution in [2.45, 2.75) is 18.8 Å². The number of anilines is 1. The van der Waals surface area contributed by atoms with Crippen LogP contribution in [-0.2, 0) is 19.2 Å². The van der Waals surface area contributed by atoms with Crippen LogP contribution in [-0.4, -0.2) is 28.5 Å². The average Bonchev–Trinajstić information content (AvgIpc) is 3.12. The zero-order valence-corrected chi connectivity index (χ0v) is 23.0. The molecule has 1 N–H and O–H groups in total. The van der Waals surface area contributed by atoms with E-state index in [4.69, 9.17) is 11.6 Å². The molecule has 2 aromatic rings. The molecule has 2 aromatic carbocycles. The van der Waals surface area contributed by atoms with E-state index in [1.165, 1.54) is 23.1 Å². The number of imide groups is 1. The monoisotopic (exact) mass is 641 g/mol. The Morgan fingerprint density at radius 1 is 0.946 bits per heavy atom. The van der Waals surface area contributed by atoms with Crippen molar-refractivity contribution in [3.8, 4) is 5.75 Å². The maximum atomic E-state index is 13.8. The highest BCUT2D eigenvalue weighted by molar-refractivity contribution is 9.12. The molecule has 4 aliphatic rings. The molecule has 0 spiro atoms. The molecule has 3 aliphatic carbocycles. The zero-order valence-electron chi connectivity index (χ0n) is 19.1. The van der Waals surface area contributed by atoms with Crippen molar-refractivity contribution in [1.29, 1.82) is 0 Å². The van der Waals surface area contributed by atoms with Crippen LogP contribution in [0.2, 0.25) is 5.02 Å². The number of halogens is 3. The van der Waals surface area contributed by atoms with Gasteiger partial charge in [0.1, 0.15) is 5.75 Å². The van der Waals surface area contributed by atoms with E-state index in [1.807, 2.05) is 6.08 Å². The fourth-order valence-electron chi connectivity index (χ4n) is 6.16. The number of hydrogen-bond acceptors (Lipinski definition) is 5. The van der Waals surface area contributed by atoms with Gasteiger partial charge in [0.2, 0.25) is 11.8 Å². The molecule has 6 nitrogen and oxygen atoms in total. The summed E-state index contributed by atoms with van der Waals surface area (Å²) in [5.41, 5.74) is 2.54. The Hall–Kier alpha value is -2.81. The molecule has 4 atom stereocenters. The Morgan fingerprint density at radius 2 is 1.68 bits per heavy atom. The number of allylic oxidation sites excluding steroid dienone is 6. The number of amides is 2. The van der Waals surface area contributed by atoms with Gasteiger partial charge in [0.05, 0.1) is 22.0 Å². The van der Waals surface area contributed by atoms with Crippen molar-refractivity contribution < 1.29 is 24.3 Å². The summed E-state index contributed by atoms with van der Waals surface area (Å²) in [5.74, 6) is -3.56. The van der Waals surface area contributed by atoms with Crippen LogP contribution in [0.15, 0.2) is 80.3 Å². The van der Waals surface area contributed by atoms with Crippen LogP contribution in [0.3, 0.4) is 0 Å². The first-order valence-corrected chi connectivity index (χ1v) is 13.6. The highest BCUT2D eigenvalue weighted by Crippen LogP contribution is 2.56.